The smallest absolute Gasteiger partial charge is 0.338 e. The van der Waals surface area contributed by atoms with Gasteiger partial charge in [0, 0.05) is 45.6 Å². The zero-order valence-corrected chi connectivity index (χ0v) is 30.7. The van der Waals surface area contributed by atoms with Crippen LogP contribution in [0.25, 0.3) is 0 Å². The molecule has 1 aromatic rings. The largest absolute Gasteiger partial charge is 0.462 e. The Hall–Kier alpha value is -4.63. The van der Waals surface area contributed by atoms with Crippen LogP contribution >= 0.6 is 0 Å². The number of hydrogen-bond acceptors (Lipinski definition) is 15. The van der Waals surface area contributed by atoms with E-state index in [2.05, 4.69) is 6.58 Å². The van der Waals surface area contributed by atoms with E-state index in [9.17, 15) is 38.7 Å². The van der Waals surface area contributed by atoms with E-state index < -0.39 is 113 Å². The molecule has 3 aliphatic rings. The highest BCUT2D eigenvalue weighted by molar-refractivity contribution is 5.90. The van der Waals surface area contributed by atoms with Crippen molar-refractivity contribution in [2.75, 3.05) is 0 Å². The quantitative estimate of drug-likeness (QED) is 0.243. The lowest BCUT2D eigenvalue weighted by Crippen LogP contribution is -2.66. The van der Waals surface area contributed by atoms with Crippen LogP contribution in [0, 0.1) is 23.2 Å². The molecule has 52 heavy (non-hydrogen) atoms. The van der Waals surface area contributed by atoms with Gasteiger partial charge in [-0.05, 0) is 24.5 Å². The van der Waals surface area contributed by atoms with Crippen molar-refractivity contribution in [2.45, 2.75) is 117 Å². The Morgan fingerprint density at radius 1 is 0.769 bits per heavy atom. The molecule has 2 bridgehead atoms. The van der Waals surface area contributed by atoms with Crippen LogP contribution in [0.1, 0.15) is 79.1 Å². The Kier molecular flexibility index (Phi) is 11.4. The molecule has 1 aliphatic carbocycles. The Bertz CT molecular complexity index is 1630. The van der Waals surface area contributed by atoms with E-state index in [4.69, 9.17) is 33.2 Å². The maximum atomic E-state index is 14.4. The van der Waals surface area contributed by atoms with Gasteiger partial charge in [-0.15, -0.1) is 0 Å². The number of esters is 6. The summed E-state index contributed by atoms with van der Waals surface area (Å²) in [5.41, 5.74) is -4.28. The summed E-state index contributed by atoms with van der Waals surface area (Å²) >= 11 is 0. The molecular weight excluding hydrogens is 684 g/mol. The van der Waals surface area contributed by atoms with Crippen molar-refractivity contribution in [2.24, 2.45) is 23.2 Å². The predicted octanol–water partition coefficient (Wildman–Crippen LogP) is 2.79. The average Bonchev–Trinajstić information content (AvgIpc) is 3.45. The third-order valence-corrected chi connectivity index (χ3v) is 10.1. The van der Waals surface area contributed by atoms with Crippen molar-refractivity contribution in [1.82, 2.24) is 0 Å². The van der Waals surface area contributed by atoms with Crippen molar-refractivity contribution >= 4 is 41.6 Å². The standard InChI is InChI=1S/C37H46O15/c1-17-16-36(51-24(8)42)26(28(17)46-20(4)38)29(47-21(5)39)18(2)30(48-22(6)40)31(50-34(44)25-14-12-11-13-15-25)33(49-23(7)41)35(9,10)32-27(43)19(3)37(36,45)52-32/h11-15,17,19,26,28-33,45H,2,16H2,1,3-10H3/t17-,19+,26+,28-,29-,30-,31+,32-,33+,36+,37+/m0/s1. The molecule has 4 rings (SSSR count). The molecule has 0 spiro atoms. The summed E-state index contributed by atoms with van der Waals surface area (Å²) in [4.78, 5) is 92.5. The first-order valence-corrected chi connectivity index (χ1v) is 16.9. The highest BCUT2D eigenvalue weighted by Crippen LogP contribution is 2.60. The number of carbonyl (C=O) groups is 7. The fraction of sp³-hybridized carbons (Fsp3) is 0.595. The van der Waals surface area contributed by atoms with E-state index >= 15 is 0 Å². The Morgan fingerprint density at radius 2 is 1.31 bits per heavy atom. The van der Waals surface area contributed by atoms with Crippen LogP contribution < -0.4 is 0 Å². The van der Waals surface area contributed by atoms with E-state index in [0.29, 0.717) is 0 Å². The lowest BCUT2D eigenvalue weighted by atomic mass is 9.68. The van der Waals surface area contributed by atoms with Gasteiger partial charge in [0.25, 0.3) is 0 Å². The summed E-state index contributed by atoms with van der Waals surface area (Å²) in [6.07, 6.45) is -10.4. The normalized spacial score (nSPS) is 35.2. The highest BCUT2D eigenvalue weighted by Gasteiger charge is 2.77. The van der Waals surface area contributed by atoms with E-state index in [-0.39, 0.29) is 17.6 Å². The monoisotopic (exact) mass is 730 g/mol. The number of hydrogen-bond donors (Lipinski definition) is 1. The first kappa shape index (κ1) is 40.1. The van der Waals surface area contributed by atoms with Crippen LogP contribution in [-0.4, -0.2) is 94.7 Å². The van der Waals surface area contributed by atoms with Crippen LogP contribution in [0.3, 0.4) is 0 Å². The zero-order valence-electron chi connectivity index (χ0n) is 30.7. The summed E-state index contributed by atoms with van der Waals surface area (Å²) in [5.74, 6) is -12.7. The number of benzene rings is 1. The molecule has 1 N–H and O–H groups in total. The molecule has 0 aromatic heterocycles. The van der Waals surface area contributed by atoms with E-state index in [1.807, 2.05) is 0 Å². The number of ether oxygens (including phenoxy) is 7. The molecule has 11 atom stereocenters. The van der Waals surface area contributed by atoms with Crippen LogP contribution in [0.4, 0.5) is 0 Å². The molecule has 15 nitrogen and oxygen atoms in total. The maximum Gasteiger partial charge on any atom is 0.338 e. The summed E-state index contributed by atoms with van der Waals surface area (Å²) in [7, 11) is 0. The number of carbonyl (C=O) groups excluding carboxylic acids is 7. The zero-order chi connectivity index (χ0) is 39.1. The summed E-state index contributed by atoms with van der Waals surface area (Å²) in [5, 5.41) is 12.8. The van der Waals surface area contributed by atoms with E-state index in [0.717, 1.165) is 34.6 Å². The second-order valence-electron chi connectivity index (χ2n) is 14.3. The number of fused-ring (bicyclic) bond motifs is 4. The third kappa shape index (κ3) is 7.20. The minimum atomic E-state index is -2.71. The molecule has 0 radical (unpaired) electrons. The molecule has 3 fully saturated rings. The lowest BCUT2D eigenvalue weighted by molar-refractivity contribution is -0.334. The molecule has 1 saturated carbocycles. The number of rotatable bonds is 7. The summed E-state index contributed by atoms with van der Waals surface area (Å²) in [6.45, 7) is 15.4. The molecule has 15 heteroatoms. The second-order valence-corrected chi connectivity index (χ2v) is 14.3. The van der Waals surface area contributed by atoms with Crippen molar-refractivity contribution in [3.63, 3.8) is 0 Å². The van der Waals surface area contributed by atoms with Gasteiger partial charge in [0.2, 0.25) is 5.79 Å². The molecule has 0 unspecified atom stereocenters. The minimum absolute atomic E-state index is 0.0459. The van der Waals surface area contributed by atoms with Crippen LogP contribution in [0.5, 0.6) is 0 Å². The van der Waals surface area contributed by atoms with Gasteiger partial charge in [-0.3, -0.25) is 28.8 Å². The minimum Gasteiger partial charge on any atom is -0.462 e. The molecular formula is C37H46O15. The number of ketones is 1. The number of Topliss-reactive ketones (excluding diaryl/α,β-unsaturated/α-hetero) is 1. The fourth-order valence-corrected chi connectivity index (χ4v) is 7.99. The first-order chi connectivity index (χ1) is 24.1. The van der Waals surface area contributed by atoms with E-state index in [1.54, 1.807) is 25.1 Å². The average molecular weight is 731 g/mol. The van der Waals surface area contributed by atoms with Crippen molar-refractivity contribution in [1.29, 1.82) is 0 Å². The van der Waals surface area contributed by atoms with Gasteiger partial charge in [-0.1, -0.05) is 52.5 Å². The Morgan fingerprint density at radius 3 is 1.83 bits per heavy atom. The van der Waals surface area contributed by atoms with Crippen LogP contribution in [-0.2, 0) is 61.9 Å². The van der Waals surface area contributed by atoms with Gasteiger partial charge in [0.15, 0.2) is 29.7 Å². The van der Waals surface area contributed by atoms with Crippen molar-refractivity contribution in [3.05, 3.63) is 48.0 Å². The molecule has 2 saturated heterocycles. The Balaban J connectivity index is 2.16. The van der Waals surface area contributed by atoms with Gasteiger partial charge in [0.1, 0.15) is 18.3 Å². The van der Waals surface area contributed by atoms with Gasteiger partial charge >= 0.3 is 35.8 Å². The first-order valence-electron chi connectivity index (χ1n) is 16.9. The topological polar surface area (TPSA) is 204 Å². The van der Waals surface area contributed by atoms with Crippen molar-refractivity contribution in [3.8, 4) is 0 Å². The van der Waals surface area contributed by atoms with E-state index in [1.165, 1.54) is 32.9 Å². The van der Waals surface area contributed by atoms with Crippen molar-refractivity contribution < 1.29 is 71.8 Å². The number of aliphatic hydroxyl groups is 1. The molecule has 2 heterocycles. The summed E-state index contributed by atoms with van der Waals surface area (Å²) < 4.78 is 41.7. The lowest BCUT2D eigenvalue weighted by Gasteiger charge is -2.49. The van der Waals surface area contributed by atoms with Crippen LogP contribution in [0.2, 0.25) is 0 Å². The SMILES string of the molecule is C=C1[C@H](OC(C)=O)[C@@H](OC(=O)c2ccccc2)[C@@H](OC(C)=O)C(C)(C)[C@H]2O[C@](O)([C@H](C)C2=O)[C@@]2(OC(C)=O)C[C@H](C)[C@H](OC(C)=O)[C@@H]2[C@H]1OC(C)=O. The van der Waals surface area contributed by atoms with Gasteiger partial charge in [-0.25, -0.2) is 4.79 Å². The summed E-state index contributed by atoms with van der Waals surface area (Å²) in [6, 6.07) is 7.68. The molecule has 284 valence electrons. The molecule has 1 aromatic carbocycles. The Labute approximate surface area is 301 Å². The second kappa shape index (κ2) is 14.8. The van der Waals surface area contributed by atoms with Gasteiger partial charge in [0.05, 0.1) is 17.4 Å². The fourth-order valence-electron chi connectivity index (χ4n) is 7.99. The van der Waals surface area contributed by atoms with Gasteiger partial charge < -0.3 is 38.3 Å². The molecule has 2 aliphatic heterocycles. The third-order valence-electron chi connectivity index (χ3n) is 10.1. The maximum absolute atomic E-state index is 14.4. The highest BCUT2D eigenvalue weighted by atomic mass is 16.7. The van der Waals surface area contributed by atoms with Crippen LogP contribution in [0.15, 0.2) is 42.5 Å². The predicted molar refractivity (Wildman–Crippen MR) is 177 cm³/mol. The van der Waals surface area contributed by atoms with Gasteiger partial charge in [-0.2, -0.15) is 0 Å². The molecule has 0 amide bonds.